The lowest BCUT2D eigenvalue weighted by Gasteiger charge is -2.13. The van der Waals surface area contributed by atoms with Crippen LogP contribution in [-0.4, -0.2) is 28.5 Å². The molecule has 0 saturated carbocycles. The maximum Gasteiger partial charge on any atom is 0.313 e. The van der Waals surface area contributed by atoms with Crippen LogP contribution in [0.25, 0.3) is 0 Å². The van der Waals surface area contributed by atoms with Crippen molar-refractivity contribution in [3.63, 3.8) is 0 Å². The van der Waals surface area contributed by atoms with Gasteiger partial charge < -0.3 is 10.4 Å². The van der Waals surface area contributed by atoms with Crippen molar-refractivity contribution in [3.05, 3.63) is 35.6 Å². The SMILES string of the molecule is C[C@H](NC(=O)CSCC(=O)O)c1ccc(F)cc1. The molecule has 0 aliphatic rings. The van der Waals surface area contributed by atoms with E-state index >= 15 is 0 Å². The topological polar surface area (TPSA) is 66.4 Å². The van der Waals surface area contributed by atoms with Crippen molar-refractivity contribution in [1.82, 2.24) is 5.32 Å². The number of rotatable bonds is 6. The van der Waals surface area contributed by atoms with Gasteiger partial charge >= 0.3 is 5.97 Å². The summed E-state index contributed by atoms with van der Waals surface area (Å²) in [6.45, 7) is 1.78. The molecule has 4 nitrogen and oxygen atoms in total. The monoisotopic (exact) mass is 271 g/mol. The van der Waals surface area contributed by atoms with Crippen molar-refractivity contribution in [2.24, 2.45) is 0 Å². The molecule has 0 radical (unpaired) electrons. The number of hydrogen-bond acceptors (Lipinski definition) is 3. The van der Waals surface area contributed by atoms with Gasteiger partial charge in [0.15, 0.2) is 0 Å². The van der Waals surface area contributed by atoms with Gasteiger partial charge in [-0.25, -0.2) is 4.39 Å². The van der Waals surface area contributed by atoms with Gasteiger partial charge in [0.2, 0.25) is 5.91 Å². The van der Waals surface area contributed by atoms with Crippen molar-refractivity contribution in [2.75, 3.05) is 11.5 Å². The highest BCUT2D eigenvalue weighted by molar-refractivity contribution is 8.00. The number of hydrogen-bond donors (Lipinski definition) is 2. The number of carbonyl (C=O) groups excluding carboxylic acids is 1. The summed E-state index contributed by atoms with van der Waals surface area (Å²) in [6, 6.07) is 5.63. The predicted molar refractivity (Wildman–Crippen MR) is 67.9 cm³/mol. The van der Waals surface area contributed by atoms with Gasteiger partial charge in [0.05, 0.1) is 17.5 Å². The average molecular weight is 271 g/mol. The third-order valence-electron chi connectivity index (χ3n) is 2.21. The van der Waals surface area contributed by atoms with Crippen LogP contribution in [0.2, 0.25) is 0 Å². The number of amides is 1. The molecule has 0 spiro atoms. The summed E-state index contributed by atoms with van der Waals surface area (Å²) >= 11 is 1.04. The van der Waals surface area contributed by atoms with Crippen molar-refractivity contribution < 1.29 is 19.1 Å². The normalized spacial score (nSPS) is 11.9. The molecule has 0 saturated heterocycles. The van der Waals surface area contributed by atoms with Crippen LogP contribution in [0.3, 0.4) is 0 Å². The standard InChI is InChI=1S/C12H14FNO3S/c1-8(9-2-4-10(13)5-3-9)14-11(15)6-18-7-12(16)17/h2-5,8H,6-7H2,1H3,(H,14,15)(H,16,17)/t8-/m0/s1. The Hall–Kier alpha value is -1.56. The van der Waals surface area contributed by atoms with Gasteiger partial charge in [-0.3, -0.25) is 9.59 Å². The first-order chi connectivity index (χ1) is 8.49. The molecular weight excluding hydrogens is 257 g/mol. The summed E-state index contributed by atoms with van der Waals surface area (Å²) in [5.74, 6) is -1.51. The fourth-order valence-corrected chi connectivity index (χ4v) is 1.89. The fraction of sp³-hybridized carbons (Fsp3) is 0.333. The van der Waals surface area contributed by atoms with Gasteiger partial charge in [-0.1, -0.05) is 12.1 Å². The molecule has 0 aliphatic heterocycles. The van der Waals surface area contributed by atoms with E-state index < -0.39 is 5.97 Å². The Morgan fingerprint density at radius 1 is 1.33 bits per heavy atom. The van der Waals surface area contributed by atoms with Crippen LogP contribution >= 0.6 is 11.8 Å². The molecule has 0 heterocycles. The number of benzene rings is 1. The smallest absolute Gasteiger partial charge is 0.313 e. The molecule has 1 aromatic carbocycles. The zero-order chi connectivity index (χ0) is 13.5. The Morgan fingerprint density at radius 2 is 1.94 bits per heavy atom. The number of carboxylic acids is 1. The van der Waals surface area contributed by atoms with E-state index in [1.165, 1.54) is 12.1 Å². The van der Waals surface area contributed by atoms with Crippen LogP contribution < -0.4 is 5.32 Å². The summed E-state index contributed by atoms with van der Waals surface area (Å²) in [4.78, 5) is 21.7. The number of halogens is 1. The average Bonchev–Trinajstić information content (AvgIpc) is 2.29. The van der Waals surface area contributed by atoms with E-state index in [0.29, 0.717) is 0 Å². The largest absolute Gasteiger partial charge is 0.481 e. The Morgan fingerprint density at radius 3 is 2.50 bits per heavy atom. The Bertz CT molecular complexity index is 422. The van der Waals surface area contributed by atoms with E-state index in [9.17, 15) is 14.0 Å². The van der Waals surface area contributed by atoms with E-state index in [1.54, 1.807) is 19.1 Å². The van der Waals surface area contributed by atoms with Crippen LogP contribution in [0.15, 0.2) is 24.3 Å². The zero-order valence-electron chi connectivity index (χ0n) is 9.85. The van der Waals surface area contributed by atoms with Crippen LogP contribution in [0.1, 0.15) is 18.5 Å². The fourth-order valence-electron chi connectivity index (χ4n) is 1.35. The van der Waals surface area contributed by atoms with Crippen molar-refractivity contribution in [3.8, 4) is 0 Å². The second-order valence-corrected chi connectivity index (χ2v) is 4.71. The lowest BCUT2D eigenvalue weighted by molar-refractivity contribution is -0.133. The third-order valence-corrected chi connectivity index (χ3v) is 3.12. The minimum atomic E-state index is -0.945. The van der Waals surface area contributed by atoms with E-state index in [-0.39, 0.29) is 29.3 Å². The molecule has 1 atom stereocenters. The summed E-state index contributed by atoms with van der Waals surface area (Å²) in [6.07, 6.45) is 0. The Labute approximate surface area is 109 Å². The van der Waals surface area contributed by atoms with E-state index in [0.717, 1.165) is 17.3 Å². The number of aliphatic carboxylic acids is 1. The van der Waals surface area contributed by atoms with Gasteiger partial charge in [0, 0.05) is 0 Å². The lowest BCUT2D eigenvalue weighted by Crippen LogP contribution is -2.28. The van der Waals surface area contributed by atoms with Gasteiger partial charge in [0.25, 0.3) is 0 Å². The minimum Gasteiger partial charge on any atom is -0.481 e. The summed E-state index contributed by atoms with van der Waals surface area (Å²) in [5.41, 5.74) is 0.799. The molecule has 1 aromatic rings. The van der Waals surface area contributed by atoms with Crippen LogP contribution in [-0.2, 0) is 9.59 Å². The zero-order valence-corrected chi connectivity index (χ0v) is 10.7. The third kappa shape index (κ3) is 5.18. The van der Waals surface area contributed by atoms with Crippen molar-refractivity contribution >= 4 is 23.6 Å². The molecule has 0 fully saturated rings. The molecule has 1 amide bonds. The van der Waals surface area contributed by atoms with Gasteiger partial charge in [-0.05, 0) is 24.6 Å². The molecule has 0 bridgehead atoms. The van der Waals surface area contributed by atoms with Crippen LogP contribution in [0, 0.1) is 5.82 Å². The lowest BCUT2D eigenvalue weighted by atomic mass is 10.1. The molecule has 98 valence electrons. The quantitative estimate of drug-likeness (QED) is 0.828. The first-order valence-electron chi connectivity index (χ1n) is 5.33. The number of carboxylic acid groups (broad SMARTS) is 1. The highest BCUT2D eigenvalue weighted by Crippen LogP contribution is 2.13. The molecule has 6 heteroatoms. The first kappa shape index (κ1) is 14.5. The predicted octanol–water partition coefficient (Wildman–Crippen LogP) is 1.82. The molecule has 0 aliphatic carbocycles. The maximum atomic E-state index is 12.7. The second-order valence-electron chi connectivity index (χ2n) is 3.73. The highest BCUT2D eigenvalue weighted by Gasteiger charge is 2.10. The molecule has 2 N–H and O–H groups in total. The van der Waals surface area contributed by atoms with Crippen LogP contribution in [0.5, 0.6) is 0 Å². The second kappa shape index (κ2) is 7.00. The molecule has 1 rings (SSSR count). The molecular formula is C12H14FNO3S. The van der Waals surface area contributed by atoms with Gasteiger partial charge in [-0.15, -0.1) is 11.8 Å². The number of nitrogens with one attached hydrogen (secondary N) is 1. The van der Waals surface area contributed by atoms with E-state index in [1.807, 2.05) is 0 Å². The van der Waals surface area contributed by atoms with E-state index in [4.69, 9.17) is 5.11 Å². The van der Waals surface area contributed by atoms with Crippen LogP contribution in [0.4, 0.5) is 4.39 Å². The highest BCUT2D eigenvalue weighted by atomic mass is 32.2. The number of carbonyl (C=O) groups is 2. The summed E-state index contributed by atoms with van der Waals surface area (Å²) in [5, 5.41) is 11.1. The Kier molecular flexibility index (Phi) is 5.64. The molecule has 0 aromatic heterocycles. The van der Waals surface area contributed by atoms with Gasteiger partial charge in [0.1, 0.15) is 5.82 Å². The van der Waals surface area contributed by atoms with Crippen molar-refractivity contribution in [2.45, 2.75) is 13.0 Å². The van der Waals surface area contributed by atoms with Crippen molar-refractivity contribution in [1.29, 1.82) is 0 Å². The first-order valence-corrected chi connectivity index (χ1v) is 6.49. The number of thioether (sulfide) groups is 1. The summed E-state index contributed by atoms with van der Waals surface area (Å²) in [7, 11) is 0. The van der Waals surface area contributed by atoms with Gasteiger partial charge in [-0.2, -0.15) is 0 Å². The minimum absolute atomic E-state index is 0.0951. The maximum absolute atomic E-state index is 12.7. The Balaban J connectivity index is 2.39. The molecule has 18 heavy (non-hydrogen) atoms. The molecule has 0 unspecified atom stereocenters. The van der Waals surface area contributed by atoms with E-state index in [2.05, 4.69) is 5.32 Å². The summed E-state index contributed by atoms with van der Waals surface area (Å²) < 4.78 is 12.7.